The molecule has 0 amide bonds. The van der Waals surface area contributed by atoms with Gasteiger partial charge in [-0.15, -0.1) is 0 Å². The van der Waals surface area contributed by atoms with E-state index in [1.54, 1.807) is 30.5 Å². The molecule has 1 aromatic carbocycles. The lowest BCUT2D eigenvalue weighted by molar-refractivity contribution is 0.682. The minimum absolute atomic E-state index is 0.278. The van der Waals surface area contributed by atoms with E-state index in [1.165, 1.54) is 0 Å². The maximum absolute atomic E-state index is 12.3. The van der Waals surface area contributed by atoms with Gasteiger partial charge < -0.3 is 5.73 Å². The van der Waals surface area contributed by atoms with Crippen LogP contribution in [-0.4, -0.2) is 9.19 Å². The van der Waals surface area contributed by atoms with Gasteiger partial charge in [-0.1, -0.05) is 6.07 Å². The minimum Gasteiger partial charge on any atom is -0.399 e. The fourth-order valence-corrected chi connectivity index (χ4v) is 2.88. The van der Waals surface area contributed by atoms with E-state index in [1.807, 2.05) is 19.1 Å². The van der Waals surface area contributed by atoms with Crippen molar-refractivity contribution in [2.75, 3.05) is 5.73 Å². The molecule has 2 rings (SSSR count). The Kier molecular flexibility index (Phi) is 3.93. The molecular formula is C14H13N3OS. The van der Waals surface area contributed by atoms with E-state index in [9.17, 15) is 4.21 Å². The van der Waals surface area contributed by atoms with E-state index in [0.717, 1.165) is 5.56 Å². The molecule has 0 saturated heterocycles. The Bertz CT molecular complexity index is 677. The predicted octanol–water partition coefficient (Wildman–Crippen LogP) is 2.15. The number of aryl methyl sites for hydroxylation is 1. The van der Waals surface area contributed by atoms with Crippen LogP contribution < -0.4 is 5.73 Å². The lowest BCUT2D eigenvalue weighted by atomic mass is 10.2. The molecular weight excluding hydrogens is 258 g/mol. The molecule has 4 nitrogen and oxygen atoms in total. The summed E-state index contributed by atoms with van der Waals surface area (Å²) in [4.78, 5) is 4.67. The van der Waals surface area contributed by atoms with Gasteiger partial charge in [0.1, 0.15) is 11.8 Å². The number of nitrogens with zero attached hydrogens (tertiary/aromatic N) is 2. The normalized spacial score (nSPS) is 11.8. The maximum atomic E-state index is 12.3. The topological polar surface area (TPSA) is 79.8 Å². The van der Waals surface area contributed by atoms with Crippen molar-refractivity contribution >= 4 is 16.5 Å². The molecule has 2 N–H and O–H groups in total. The number of hydrogen-bond donors (Lipinski definition) is 1. The van der Waals surface area contributed by atoms with Gasteiger partial charge in [0, 0.05) is 22.3 Å². The molecule has 0 saturated carbocycles. The molecule has 0 radical (unpaired) electrons. The van der Waals surface area contributed by atoms with Gasteiger partial charge in [-0.2, -0.15) is 5.26 Å². The minimum atomic E-state index is -1.21. The van der Waals surface area contributed by atoms with E-state index in [2.05, 4.69) is 4.98 Å². The zero-order valence-corrected chi connectivity index (χ0v) is 11.3. The second-order valence-electron chi connectivity index (χ2n) is 4.13. The SMILES string of the molecule is Cc1cc(S(=O)Cc2cccnc2C#N)ccc1N. The fraction of sp³-hybridized carbons (Fsp3) is 0.143. The summed E-state index contributed by atoms with van der Waals surface area (Å²) in [7, 11) is -1.21. The summed E-state index contributed by atoms with van der Waals surface area (Å²) in [6.07, 6.45) is 1.55. The van der Waals surface area contributed by atoms with Crippen LogP contribution in [0.5, 0.6) is 0 Å². The van der Waals surface area contributed by atoms with Crippen molar-refractivity contribution in [1.29, 1.82) is 5.26 Å². The zero-order chi connectivity index (χ0) is 13.8. The van der Waals surface area contributed by atoms with Gasteiger partial charge in [0.25, 0.3) is 0 Å². The Hall–Kier alpha value is -2.19. The van der Waals surface area contributed by atoms with E-state index in [0.29, 0.717) is 21.8 Å². The first-order valence-electron chi connectivity index (χ1n) is 5.70. The van der Waals surface area contributed by atoms with Crippen LogP contribution in [0.2, 0.25) is 0 Å². The molecule has 1 heterocycles. The van der Waals surface area contributed by atoms with Crippen molar-refractivity contribution in [3.8, 4) is 6.07 Å². The second kappa shape index (κ2) is 5.63. The molecule has 1 aromatic heterocycles. The molecule has 0 aliphatic carbocycles. The van der Waals surface area contributed by atoms with E-state index in [-0.39, 0.29) is 5.75 Å². The molecule has 1 atom stereocenters. The lowest BCUT2D eigenvalue weighted by Gasteiger charge is -2.06. The number of nitriles is 1. The third-order valence-electron chi connectivity index (χ3n) is 2.79. The fourth-order valence-electron chi connectivity index (χ4n) is 1.67. The van der Waals surface area contributed by atoms with E-state index >= 15 is 0 Å². The van der Waals surface area contributed by atoms with Gasteiger partial charge in [0.2, 0.25) is 0 Å². The number of aromatic nitrogens is 1. The Balaban J connectivity index is 2.26. The molecule has 0 fully saturated rings. The third kappa shape index (κ3) is 2.98. The summed E-state index contributed by atoms with van der Waals surface area (Å²) in [5, 5.41) is 8.95. The molecule has 0 spiro atoms. The summed E-state index contributed by atoms with van der Waals surface area (Å²) in [5.74, 6) is 0.278. The first-order chi connectivity index (χ1) is 9.11. The van der Waals surface area contributed by atoms with Crippen LogP contribution in [0.4, 0.5) is 5.69 Å². The Morgan fingerprint density at radius 2 is 2.21 bits per heavy atom. The van der Waals surface area contributed by atoms with Gasteiger partial charge in [-0.25, -0.2) is 4.98 Å². The van der Waals surface area contributed by atoms with Gasteiger partial charge in [-0.3, -0.25) is 4.21 Å². The number of pyridine rings is 1. The second-order valence-corrected chi connectivity index (χ2v) is 5.58. The van der Waals surface area contributed by atoms with Crippen molar-refractivity contribution in [2.24, 2.45) is 0 Å². The third-order valence-corrected chi connectivity index (χ3v) is 4.14. The highest BCUT2D eigenvalue weighted by atomic mass is 32.2. The highest BCUT2D eigenvalue weighted by Crippen LogP contribution is 2.18. The number of nitrogen functional groups attached to an aromatic ring is 1. The molecule has 5 heteroatoms. The molecule has 0 aliphatic rings. The summed E-state index contributed by atoms with van der Waals surface area (Å²) < 4.78 is 12.3. The average Bonchev–Trinajstić information content (AvgIpc) is 2.42. The molecule has 1 unspecified atom stereocenters. The summed E-state index contributed by atoms with van der Waals surface area (Å²) in [5.41, 5.74) is 8.33. The first-order valence-corrected chi connectivity index (χ1v) is 7.02. The van der Waals surface area contributed by atoms with Gasteiger partial charge in [-0.05, 0) is 36.8 Å². The highest BCUT2D eigenvalue weighted by molar-refractivity contribution is 7.84. The average molecular weight is 271 g/mol. The van der Waals surface area contributed by atoms with Crippen LogP contribution in [0.25, 0.3) is 0 Å². The predicted molar refractivity (Wildman–Crippen MR) is 74.7 cm³/mol. The molecule has 19 heavy (non-hydrogen) atoms. The van der Waals surface area contributed by atoms with Gasteiger partial charge >= 0.3 is 0 Å². The van der Waals surface area contributed by atoms with Crippen LogP contribution in [0, 0.1) is 18.3 Å². The number of benzene rings is 1. The van der Waals surface area contributed by atoms with Crippen molar-refractivity contribution < 1.29 is 4.21 Å². The quantitative estimate of drug-likeness (QED) is 0.867. The van der Waals surface area contributed by atoms with Gasteiger partial charge in [0.05, 0.1) is 16.6 Å². The van der Waals surface area contributed by atoms with Crippen molar-refractivity contribution in [1.82, 2.24) is 4.98 Å². The summed E-state index contributed by atoms with van der Waals surface area (Å²) in [6, 6.07) is 10.8. The standard InChI is InChI=1S/C14H13N3OS/c1-10-7-12(4-5-13(10)16)19(18)9-11-3-2-6-17-14(11)8-15/h2-7H,9,16H2,1H3. The first kappa shape index (κ1) is 13.2. The van der Waals surface area contributed by atoms with Crippen LogP contribution >= 0.6 is 0 Å². The molecule has 96 valence electrons. The maximum Gasteiger partial charge on any atom is 0.144 e. The van der Waals surface area contributed by atoms with Crippen molar-refractivity contribution in [3.05, 3.63) is 53.3 Å². The summed E-state index contributed by atoms with van der Waals surface area (Å²) in [6.45, 7) is 1.88. The Labute approximate surface area is 114 Å². The summed E-state index contributed by atoms with van der Waals surface area (Å²) >= 11 is 0. The van der Waals surface area contributed by atoms with Crippen molar-refractivity contribution in [2.45, 2.75) is 17.6 Å². The largest absolute Gasteiger partial charge is 0.399 e. The molecule has 0 aliphatic heterocycles. The monoisotopic (exact) mass is 271 g/mol. The van der Waals surface area contributed by atoms with Crippen LogP contribution in [0.15, 0.2) is 41.4 Å². The molecule has 0 bridgehead atoms. The van der Waals surface area contributed by atoms with E-state index in [4.69, 9.17) is 11.0 Å². The smallest absolute Gasteiger partial charge is 0.144 e. The number of anilines is 1. The van der Waals surface area contributed by atoms with Crippen LogP contribution in [0.3, 0.4) is 0 Å². The zero-order valence-electron chi connectivity index (χ0n) is 10.5. The van der Waals surface area contributed by atoms with Gasteiger partial charge in [0.15, 0.2) is 0 Å². The Morgan fingerprint density at radius 3 is 2.89 bits per heavy atom. The van der Waals surface area contributed by atoms with Crippen LogP contribution in [-0.2, 0) is 16.6 Å². The lowest BCUT2D eigenvalue weighted by Crippen LogP contribution is -2.01. The number of nitrogens with two attached hydrogens (primary N) is 1. The Morgan fingerprint density at radius 1 is 1.42 bits per heavy atom. The van der Waals surface area contributed by atoms with E-state index < -0.39 is 10.8 Å². The van der Waals surface area contributed by atoms with Crippen LogP contribution in [0.1, 0.15) is 16.8 Å². The van der Waals surface area contributed by atoms with Crippen molar-refractivity contribution in [3.63, 3.8) is 0 Å². The highest BCUT2D eigenvalue weighted by Gasteiger charge is 2.10. The number of hydrogen-bond acceptors (Lipinski definition) is 4. The molecule has 2 aromatic rings. The number of rotatable bonds is 3.